The fourth-order valence-corrected chi connectivity index (χ4v) is 3.70. The zero-order valence-corrected chi connectivity index (χ0v) is 18.5. The van der Waals surface area contributed by atoms with Crippen molar-refractivity contribution in [3.63, 3.8) is 0 Å². The summed E-state index contributed by atoms with van der Waals surface area (Å²) in [6.45, 7) is 8.77. The summed E-state index contributed by atoms with van der Waals surface area (Å²) in [5, 5.41) is 3.37. The first-order valence-electron chi connectivity index (χ1n) is 9.48. The maximum Gasteiger partial charge on any atom is 0.194 e. The highest BCUT2D eigenvalue weighted by Crippen LogP contribution is 2.22. The Morgan fingerprint density at radius 2 is 1.93 bits per heavy atom. The minimum absolute atomic E-state index is 0. The summed E-state index contributed by atoms with van der Waals surface area (Å²) < 4.78 is 27.4. The molecule has 0 bridgehead atoms. The van der Waals surface area contributed by atoms with Crippen LogP contribution in [0, 0.1) is 17.6 Å². The van der Waals surface area contributed by atoms with E-state index in [0.717, 1.165) is 51.3 Å². The number of hydrogen-bond donors (Lipinski definition) is 1. The summed E-state index contributed by atoms with van der Waals surface area (Å²) in [6.07, 6.45) is 1.20. The van der Waals surface area contributed by atoms with Gasteiger partial charge in [-0.05, 0) is 45.0 Å². The monoisotopic (exact) mass is 493 g/mol. The van der Waals surface area contributed by atoms with Crippen molar-refractivity contribution in [3.8, 4) is 0 Å². The van der Waals surface area contributed by atoms with E-state index >= 15 is 0 Å². The van der Waals surface area contributed by atoms with Crippen LogP contribution in [-0.2, 0) is 0 Å². The van der Waals surface area contributed by atoms with Gasteiger partial charge in [-0.25, -0.2) is 8.78 Å². The molecule has 0 spiro atoms. The third kappa shape index (κ3) is 5.91. The number of hydrogen-bond acceptors (Lipinski definition) is 3. The Kier molecular flexibility index (Phi) is 8.53. The second-order valence-electron chi connectivity index (χ2n) is 7.18. The predicted molar refractivity (Wildman–Crippen MR) is 117 cm³/mol. The van der Waals surface area contributed by atoms with Crippen molar-refractivity contribution < 1.29 is 8.78 Å². The van der Waals surface area contributed by atoms with E-state index in [2.05, 4.69) is 29.1 Å². The number of piperazine rings is 1. The van der Waals surface area contributed by atoms with Crippen molar-refractivity contribution in [1.29, 1.82) is 0 Å². The molecular weight excluding hydrogens is 463 g/mol. The second-order valence-corrected chi connectivity index (χ2v) is 7.18. The lowest BCUT2D eigenvalue weighted by Crippen LogP contribution is -2.52. The van der Waals surface area contributed by atoms with Gasteiger partial charge in [0.1, 0.15) is 11.6 Å². The lowest BCUT2D eigenvalue weighted by atomic mass is 10.1. The van der Waals surface area contributed by atoms with Gasteiger partial charge in [0.15, 0.2) is 5.96 Å². The minimum Gasteiger partial charge on any atom is -0.366 e. The number of rotatable bonds is 4. The van der Waals surface area contributed by atoms with Crippen LogP contribution < -0.4 is 10.2 Å². The number of anilines is 1. The van der Waals surface area contributed by atoms with E-state index in [4.69, 9.17) is 4.99 Å². The number of likely N-dealkylation sites (tertiary alicyclic amines) is 1. The molecular formula is C19H30F2IN5. The van der Waals surface area contributed by atoms with Crippen LogP contribution in [0.4, 0.5) is 14.5 Å². The van der Waals surface area contributed by atoms with Crippen LogP contribution in [0.1, 0.15) is 13.3 Å². The van der Waals surface area contributed by atoms with Crippen LogP contribution >= 0.6 is 24.0 Å². The zero-order chi connectivity index (χ0) is 18.5. The molecule has 1 aromatic carbocycles. The van der Waals surface area contributed by atoms with Crippen LogP contribution in [-0.4, -0.2) is 75.2 Å². The molecule has 152 valence electrons. The maximum atomic E-state index is 14.0. The Balaban J connectivity index is 0.00000261. The van der Waals surface area contributed by atoms with Crippen molar-refractivity contribution in [2.75, 3.05) is 64.3 Å². The number of halogens is 3. The first-order valence-corrected chi connectivity index (χ1v) is 9.48. The van der Waals surface area contributed by atoms with Crippen LogP contribution in [0.3, 0.4) is 0 Å². The Labute approximate surface area is 177 Å². The van der Waals surface area contributed by atoms with Crippen LogP contribution in [0.5, 0.6) is 0 Å². The van der Waals surface area contributed by atoms with Crippen LogP contribution in [0.15, 0.2) is 23.2 Å². The minimum atomic E-state index is -0.403. The Morgan fingerprint density at radius 3 is 2.56 bits per heavy atom. The van der Waals surface area contributed by atoms with Crippen molar-refractivity contribution in [1.82, 2.24) is 15.1 Å². The van der Waals surface area contributed by atoms with E-state index in [-0.39, 0.29) is 29.8 Å². The third-order valence-corrected chi connectivity index (χ3v) is 5.15. The molecule has 0 radical (unpaired) electrons. The highest BCUT2D eigenvalue weighted by Gasteiger charge is 2.23. The lowest BCUT2D eigenvalue weighted by molar-refractivity contribution is 0.367. The molecule has 0 amide bonds. The number of benzene rings is 1. The summed E-state index contributed by atoms with van der Waals surface area (Å²) in [6, 6.07) is 3.63. The SMILES string of the molecule is CCNC(=NCC1CCN(C)C1)N1CCN(c2cc(F)ccc2F)CC1.I. The maximum absolute atomic E-state index is 14.0. The fraction of sp³-hybridized carbons (Fsp3) is 0.632. The first-order chi connectivity index (χ1) is 12.6. The summed E-state index contributed by atoms with van der Waals surface area (Å²) in [5.74, 6) is 0.781. The predicted octanol–water partition coefficient (Wildman–Crippen LogP) is 2.62. The van der Waals surface area contributed by atoms with E-state index in [1.165, 1.54) is 18.6 Å². The summed E-state index contributed by atoms with van der Waals surface area (Å²) in [7, 11) is 2.15. The molecule has 27 heavy (non-hydrogen) atoms. The number of nitrogens with zero attached hydrogens (tertiary/aromatic N) is 4. The van der Waals surface area contributed by atoms with Gasteiger partial charge in [-0.15, -0.1) is 24.0 Å². The molecule has 2 aliphatic rings. The fourth-order valence-electron chi connectivity index (χ4n) is 3.70. The smallest absolute Gasteiger partial charge is 0.194 e. The van der Waals surface area contributed by atoms with Gasteiger partial charge in [-0.3, -0.25) is 4.99 Å². The Morgan fingerprint density at radius 1 is 1.19 bits per heavy atom. The van der Waals surface area contributed by atoms with E-state index < -0.39 is 5.82 Å². The molecule has 1 unspecified atom stereocenters. The molecule has 1 atom stereocenters. The van der Waals surface area contributed by atoms with Crippen LogP contribution in [0.25, 0.3) is 0 Å². The largest absolute Gasteiger partial charge is 0.366 e. The molecule has 0 aromatic heterocycles. The van der Waals surface area contributed by atoms with Gasteiger partial charge in [0.05, 0.1) is 5.69 Å². The van der Waals surface area contributed by atoms with Gasteiger partial charge in [0.25, 0.3) is 0 Å². The topological polar surface area (TPSA) is 34.1 Å². The first kappa shape index (κ1) is 22.1. The molecule has 0 saturated carbocycles. The van der Waals surface area contributed by atoms with E-state index in [1.807, 2.05) is 4.90 Å². The molecule has 2 aliphatic heterocycles. The van der Waals surface area contributed by atoms with Gasteiger partial charge in [-0.2, -0.15) is 0 Å². The third-order valence-electron chi connectivity index (χ3n) is 5.15. The summed E-state index contributed by atoms with van der Waals surface area (Å²) >= 11 is 0. The molecule has 5 nitrogen and oxygen atoms in total. The lowest BCUT2D eigenvalue weighted by Gasteiger charge is -2.37. The summed E-state index contributed by atoms with van der Waals surface area (Å²) in [4.78, 5) is 11.3. The van der Waals surface area contributed by atoms with Crippen molar-refractivity contribution in [2.45, 2.75) is 13.3 Å². The number of nitrogens with one attached hydrogen (secondary N) is 1. The standard InChI is InChI=1S/C19H29F2N5.HI/c1-3-22-19(23-13-15-6-7-24(2)14-15)26-10-8-25(9-11-26)18-12-16(20)4-5-17(18)21;/h4-5,12,15H,3,6-11,13-14H2,1-2H3,(H,22,23);1H. The van der Waals surface area contributed by atoms with Crippen molar-refractivity contribution >= 4 is 35.6 Å². The van der Waals surface area contributed by atoms with E-state index in [1.54, 1.807) is 0 Å². The average Bonchev–Trinajstić information content (AvgIpc) is 3.06. The molecule has 1 N–H and O–H groups in total. The Hall–Kier alpha value is -1.16. The van der Waals surface area contributed by atoms with Gasteiger partial charge in [0, 0.05) is 51.9 Å². The average molecular weight is 493 g/mol. The highest BCUT2D eigenvalue weighted by atomic mass is 127. The number of aliphatic imine (C=N–C) groups is 1. The molecule has 1 aromatic rings. The van der Waals surface area contributed by atoms with E-state index in [0.29, 0.717) is 24.7 Å². The zero-order valence-electron chi connectivity index (χ0n) is 16.1. The quantitative estimate of drug-likeness (QED) is 0.398. The number of guanidine groups is 1. The molecule has 3 rings (SSSR count). The highest BCUT2D eigenvalue weighted by molar-refractivity contribution is 14.0. The molecule has 0 aliphatic carbocycles. The Bertz CT molecular complexity index is 635. The molecule has 2 fully saturated rings. The van der Waals surface area contributed by atoms with Crippen LogP contribution in [0.2, 0.25) is 0 Å². The molecule has 2 saturated heterocycles. The van der Waals surface area contributed by atoms with E-state index in [9.17, 15) is 8.78 Å². The second kappa shape index (κ2) is 10.4. The van der Waals surface area contributed by atoms with Gasteiger partial charge >= 0.3 is 0 Å². The van der Waals surface area contributed by atoms with Gasteiger partial charge in [0.2, 0.25) is 0 Å². The van der Waals surface area contributed by atoms with Gasteiger partial charge < -0.3 is 20.0 Å². The van der Waals surface area contributed by atoms with Gasteiger partial charge in [-0.1, -0.05) is 0 Å². The van der Waals surface area contributed by atoms with Crippen molar-refractivity contribution in [3.05, 3.63) is 29.8 Å². The summed E-state index contributed by atoms with van der Waals surface area (Å²) in [5.41, 5.74) is 0.348. The molecule has 8 heteroatoms. The molecule has 2 heterocycles. The normalized spacial score (nSPS) is 21.3. The van der Waals surface area contributed by atoms with Crippen molar-refractivity contribution in [2.24, 2.45) is 10.9 Å².